The molecule has 0 bridgehead atoms. The van der Waals surface area contributed by atoms with Crippen molar-refractivity contribution in [3.8, 4) is 5.88 Å². The summed E-state index contributed by atoms with van der Waals surface area (Å²) in [6.45, 7) is 7.01. The number of hydrogen-bond donors (Lipinski definition) is 4. The van der Waals surface area contributed by atoms with Crippen LogP contribution in [0, 0.1) is 12.3 Å². The van der Waals surface area contributed by atoms with E-state index in [1.807, 2.05) is 6.92 Å². The number of nitrogens with one attached hydrogen (secondary N) is 2. The molecule has 0 spiro atoms. The highest BCUT2D eigenvalue weighted by molar-refractivity contribution is 7.89. The molecule has 0 saturated carbocycles. The third-order valence-electron chi connectivity index (χ3n) is 5.36. The van der Waals surface area contributed by atoms with Crippen LogP contribution in [0.15, 0.2) is 44.2 Å². The molecule has 2 rings (SSSR count). The van der Waals surface area contributed by atoms with E-state index in [0.29, 0.717) is 12.8 Å². The Bertz CT molecular complexity index is 1280. The maximum atomic E-state index is 12.5. The minimum atomic E-state index is -3.81. The van der Waals surface area contributed by atoms with Gasteiger partial charge in [0, 0.05) is 12.1 Å². The number of aromatic hydroxyl groups is 1. The number of nitrogens with two attached hydrogens (primary N) is 1. The second-order valence-electron chi connectivity index (χ2n) is 8.33. The Kier molecular flexibility index (Phi) is 8.88. The van der Waals surface area contributed by atoms with Crippen molar-refractivity contribution in [2.75, 3.05) is 13.2 Å². The van der Waals surface area contributed by atoms with Crippen molar-refractivity contribution in [2.24, 2.45) is 21.4 Å². The van der Waals surface area contributed by atoms with Gasteiger partial charge in [0.15, 0.2) is 5.69 Å². The van der Waals surface area contributed by atoms with Gasteiger partial charge < -0.3 is 15.6 Å². The highest BCUT2D eigenvalue weighted by Crippen LogP contribution is 2.25. The molecule has 12 nitrogen and oxygen atoms in total. The van der Waals surface area contributed by atoms with Crippen LogP contribution in [-0.4, -0.2) is 43.5 Å². The molecule has 13 heteroatoms. The van der Waals surface area contributed by atoms with E-state index in [2.05, 4.69) is 19.9 Å². The first-order chi connectivity index (χ1) is 16.3. The standard InChI is InChI=1S/C22H29N5O7S/c1-5-22(3,4)21(31)34-12-6-11-24-35(32,33)15-9-7-14(8-10-15)26-27-17-13(2)16(18(23)28)19(29)25-20(17)30/h7-10,24H,5-6,11-12H2,1-4H3,(H2,23,28)(H2,25,29,30). The van der Waals surface area contributed by atoms with Gasteiger partial charge in [-0.25, -0.2) is 13.1 Å². The molecule has 0 radical (unpaired) electrons. The fraction of sp³-hybridized carbons (Fsp3) is 0.409. The Morgan fingerprint density at radius 3 is 2.40 bits per heavy atom. The van der Waals surface area contributed by atoms with Crippen LogP contribution in [0.4, 0.5) is 11.4 Å². The van der Waals surface area contributed by atoms with Gasteiger partial charge in [-0.2, -0.15) is 5.11 Å². The number of H-pyrrole nitrogens is 1. The van der Waals surface area contributed by atoms with E-state index in [1.165, 1.54) is 31.2 Å². The molecule has 0 saturated heterocycles. The molecule has 0 atom stereocenters. The maximum absolute atomic E-state index is 12.5. The fourth-order valence-corrected chi connectivity index (χ4v) is 3.86. The van der Waals surface area contributed by atoms with Crippen LogP contribution < -0.4 is 16.0 Å². The molecular weight excluding hydrogens is 478 g/mol. The van der Waals surface area contributed by atoms with Crippen molar-refractivity contribution in [3.05, 3.63) is 45.7 Å². The molecule has 0 fully saturated rings. The average Bonchev–Trinajstić information content (AvgIpc) is 2.78. The summed E-state index contributed by atoms with van der Waals surface area (Å²) in [6.07, 6.45) is 0.943. The third-order valence-corrected chi connectivity index (χ3v) is 6.83. The van der Waals surface area contributed by atoms with E-state index in [9.17, 15) is 27.9 Å². The van der Waals surface area contributed by atoms with Gasteiger partial charge in [0.2, 0.25) is 15.9 Å². The largest absolute Gasteiger partial charge is 0.494 e. The second kappa shape index (κ2) is 11.2. The van der Waals surface area contributed by atoms with Crippen LogP contribution >= 0.6 is 0 Å². The Morgan fingerprint density at radius 2 is 1.83 bits per heavy atom. The lowest BCUT2D eigenvalue weighted by atomic mass is 9.91. The molecule has 190 valence electrons. The van der Waals surface area contributed by atoms with E-state index in [4.69, 9.17) is 10.5 Å². The number of aromatic nitrogens is 1. The van der Waals surface area contributed by atoms with Crippen LogP contribution in [0.5, 0.6) is 5.88 Å². The van der Waals surface area contributed by atoms with Crippen LogP contribution in [0.1, 0.15) is 49.5 Å². The minimum Gasteiger partial charge on any atom is -0.494 e. The third kappa shape index (κ3) is 6.96. The lowest BCUT2D eigenvalue weighted by Gasteiger charge is -2.20. The summed E-state index contributed by atoms with van der Waals surface area (Å²) in [5.41, 5.74) is 3.63. The van der Waals surface area contributed by atoms with E-state index in [-0.39, 0.29) is 46.5 Å². The topological polar surface area (TPSA) is 193 Å². The molecule has 1 heterocycles. The van der Waals surface area contributed by atoms with Gasteiger partial charge in [0.1, 0.15) is 5.56 Å². The first kappa shape index (κ1) is 27.7. The molecule has 5 N–H and O–H groups in total. The van der Waals surface area contributed by atoms with Gasteiger partial charge in [-0.3, -0.25) is 19.4 Å². The first-order valence-corrected chi connectivity index (χ1v) is 12.2. The fourth-order valence-electron chi connectivity index (χ4n) is 2.78. The zero-order chi connectivity index (χ0) is 26.4. The van der Waals surface area contributed by atoms with Crippen LogP contribution in [0.3, 0.4) is 0 Å². The lowest BCUT2D eigenvalue weighted by molar-refractivity contribution is -0.154. The Balaban J connectivity index is 2.02. The highest BCUT2D eigenvalue weighted by Gasteiger charge is 2.26. The SMILES string of the molecule is CCC(C)(C)C(=O)OCCCNS(=O)(=O)c1ccc(N=Nc2c(C)c(C(N)=O)c(O)[nH]c2=O)cc1. The number of primary amides is 1. The summed E-state index contributed by atoms with van der Waals surface area (Å²) in [7, 11) is -3.81. The molecule has 1 amide bonds. The van der Waals surface area contributed by atoms with Crippen molar-refractivity contribution < 1.29 is 27.9 Å². The summed E-state index contributed by atoms with van der Waals surface area (Å²) in [4.78, 5) is 37.5. The monoisotopic (exact) mass is 507 g/mol. The lowest BCUT2D eigenvalue weighted by Crippen LogP contribution is -2.28. The van der Waals surface area contributed by atoms with Gasteiger partial charge in [-0.05, 0) is 57.9 Å². The summed E-state index contributed by atoms with van der Waals surface area (Å²) in [6, 6.07) is 5.38. The van der Waals surface area contributed by atoms with Crippen LogP contribution in [0.25, 0.3) is 0 Å². The van der Waals surface area contributed by atoms with Gasteiger partial charge in [0.25, 0.3) is 11.5 Å². The van der Waals surface area contributed by atoms with Crippen molar-refractivity contribution in [1.82, 2.24) is 9.71 Å². The molecular formula is C22H29N5O7S. The van der Waals surface area contributed by atoms with E-state index < -0.39 is 32.8 Å². The van der Waals surface area contributed by atoms with E-state index in [0.717, 1.165) is 0 Å². The van der Waals surface area contributed by atoms with Crippen molar-refractivity contribution >= 4 is 33.3 Å². The number of nitrogens with zero attached hydrogens (tertiary/aromatic N) is 2. The molecule has 1 aromatic carbocycles. The van der Waals surface area contributed by atoms with Crippen LogP contribution in [-0.2, 0) is 19.6 Å². The number of amides is 1. The van der Waals surface area contributed by atoms with Gasteiger partial charge in [0.05, 0.1) is 22.6 Å². The molecule has 2 aromatic rings. The number of ether oxygens (including phenoxy) is 1. The van der Waals surface area contributed by atoms with E-state index >= 15 is 0 Å². The zero-order valence-corrected chi connectivity index (χ0v) is 20.7. The number of carbonyl (C=O) groups excluding carboxylic acids is 2. The van der Waals surface area contributed by atoms with Crippen LogP contribution in [0.2, 0.25) is 0 Å². The quantitative estimate of drug-likeness (QED) is 0.204. The Hall–Kier alpha value is -3.58. The Morgan fingerprint density at radius 1 is 1.20 bits per heavy atom. The van der Waals surface area contributed by atoms with Gasteiger partial charge in [-0.1, -0.05) is 6.92 Å². The number of rotatable bonds is 11. The number of carbonyl (C=O) groups is 2. The predicted molar refractivity (Wildman–Crippen MR) is 127 cm³/mol. The number of hydrogen-bond acceptors (Lipinski definition) is 9. The summed E-state index contributed by atoms with van der Waals surface area (Å²) < 4.78 is 32.5. The number of aromatic amines is 1. The summed E-state index contributed by atoms with van der Waals surface area (Å²) >= 11 is 0. The summed E-state index contributed by atoms with van der Waals surface area (Å²) in [5.74, 6) is -1.94. The predicted octanol–water partition coefficient (Wildman–Crippen LogP) is 2.55. The van der Waals surface area contributed by atoms with Crippen molar-refractivity contribution in [2.45, 2.75) is 45.4 Å². The minimum absolute atomic E-state index is 0.0183. The molecule has 0 aliphatic carbocycles. The van der Waals surface area contributed by atoms with E-state index in [1.54, 1.807) is 13.8 Å². The van der Waals surface area contributed by atoms with Crippen molar-refractivity contribution in [1.29, 1.82) is 0 Å². The smallest absolute Gasteiger partial charge is 0.311 e. The molecule has 35 heavy (non-hydrogen) atoms. The molecule has 0 unspecified atom stereocenters. The number of benzene rings is 1. The molecule has 1 aromatic heterocycles. The molecule has 0 aliphatic rings. The average molecular weight is 508 g/mol. The van der Waals surface area contributed by atoms with Gasteiger partial charge >= 0.3 is 5.97 Å². The van der Waals surface area contributed by atoms with Crippen molar-refractivity contribution in [3.63, 3.8) is 0 Å². The normalized spacial score (nSPS) is 12.1. The van der Waals surface area contributed by atoms with Gasteiger partial charge in [-0.15, -0.1) is 5.11 Å². The number of pyridine rings is 1. The Labute approximate surface area is 202 Å². The highest BCUT2D eigenvalue weighted by atomic mass is 32.2. The number of sulfonamides is 1. The zero-order valence-electron chi connectivity index (χ0n) is 19.9. The molecule has 0 aliphatic heterocycles. The number of azo groups is 1. The number of esters is 1. The summed E-state index contributed by atoms with van der Waals surface area (Å²) in [5, 5.41) is 17.4. The maximum Gasteiger partial charge on any atom is 0.311 e. The first-order valence-electron chi connectivity index (χ1n) is 10.7. The second-order valence-corrected chi connectivity index (χ2v) is 10.1.